The summed E-state index contributed by atoms with van der Waals surface area (Å²) in [4.78, 5) is 11.9. The zero-order valence-electron chi connectivity index (χ0n) is 8.14. The van der Waals surface area contributed by atoms with Crippen molar-refractivity contribution in [2.75, 3.05) is 0 Å². The highest BCUT2D eigenvalue weighted by molar-refractivity contribution is 6.59. The van der Waals surface area contributed by atoms with Crippen LogP contribution >= 0.6 is 34.8 Å². The van der Waals surface area contributed by atoms with E-state index in [1.54, 1.807) is 6.07 Å². The molecule has 0 unspecified atom stereocenters. The minimum atomic E-state index is -0.0297. The lowest BCUT2D eigenvalue weighted by atomic mass is 10.1. The fraction of sp³-hybridized carbons (Fsp3) is 0.0833. The summed E-state index contributed by atoms with van der Waals surface area (Å²) in [5.74, 6) is -0.0108. The van der Waals surface area contributed by atoms with Crippen LogP contribution in [-0.4, -0.2) is 5.78 Å². The van der Waals surface area contributed by atoms with Gasteiger partial charge in [-0.3, -0.25) is 4.79 Å². The van der Waals surface area contributed by atoms with Gasteiger partial charge in [0, 0.05) is 17.6 Å². The highest BCUT2D eigenvalue weighted by Crippen LogP contribution is 2.29. The molecule has 0 radical (unpaired) electrons. The quantitative estimate of drug-likeness (QED) is 0.700. The molecule has 0 amide bonds. The summed E-state index contributed by atoms with van der Waals surface area (Å²) >= 11 is 16.8. The summed E-state index contributed by atoms with van der Waals surface area (Å²) in [6.45, 7) is 0. The number of halogens is 3. The van der Waals surface area contributed by atoms with E-state index in [4.69, 9.17) is 34.8 Å². The maximum Gasteiger partial charge on any atom is 0.189 e. The first-order valence-corrected chi connectivity index (χ1v) is 5.77. The van der Waals surface area contributed by atoms with Crippen molar-refractivity contribution in [1.82, 2.24) is 0 Å². The molecule has 1 aromatic carbocycles. The van der Waals surface area contributed by atoms with E-state index in [1.165, 1.54) is 6.08 Å². The Morgan fingerprint density at radius 2 is 1.88 bits per heavy atom. The normalized spacial score (nSPS) is 16.4. The predicted octanol–water partition coefficient (Wildman–Crippen LogP) is 4.24. The van der Waals surface area contributed by atoms with Gasteiger partial charge in [0.1, 0.15) is 4.49 Å². The van der Waals surface area contributed by atoms with Crippen molar-refractivity contribution < 1.29 is 4.79 Å². The van der Waals surface area contributed by atoms with Crippen LogP contribution in [0, 0.1) is 0 Å². The predicted molar refractivity (Wildman–Crippen MR) is 67.1 cm³/mol. The van der Waals surface area contributed by atoms with Crippen LogP contribution in [-0.2, 0) is 6.42 Å². The molecule has 0 saturated carbocycles. The van der Waals surface area contributed by atoms with Gasteiger partial charge in [-0.2, -0.15) is 0 Å². The van der Waals surface area contributed by atoms with Crippen LogP contribution in [0.15, 0.2) is 45.4 Å². The van der Waals surface area contributed by atoms with Gasteiger partial charge in [0.25, 0.3) is 0 Å². The van der Waals surface area contributed by atoms with E-state index in [1.807, 2.05) is 18.2 Å². The van der Waals surface area contributed by atoms with Gasteiger partial charge in [0.05, 0.1) is 5.03 Å². The molecule has 1 nitrogen and oxygen atoms in total. The van der Waals surface area contributed by atoms with Gasteiger partial charge in [-0.1, -0.05) is 59.1 Å². The number of hydrogen-bond acceptors (Lipinski definition) is 1. The second-order valence-electron chi connectivity index (χ2n) is 3.44. The Bertz CT molecular complexity index is 511. The van der Waals surface area contributed by atoms with Crippen LogP contribution in [0.4, 0.5) is 0 Å². The van der Waals surface area contributed by atoms with Crippen molar-refractivity contribution in [1.29, 1.82) is 0 Å². The Morgan fingerprint density at radius 3 is 2.50 bits per heavy atom. The molecule has 0 aromatic heterocycles. The molecule has 0 saturated heterocycles. The zero-order valence-corrected chi connectivity index (χ0v) is 10.4. The molecule has 1 aromatic rings. The summed E-state index contributed by atoms with van der Waals surface area (Å²) in [6.07, 6.45) is 2.10. The minimum Gasteiger partial charge on any atom is -0.289 e. The number of benzene rings is 1. The van der Waals surface area contributed by atoms with E-state index >= 15 is 0 Å². The lowest BCUT2D eigenvalue weighted by Crippen LogP contribution is -1.95. The SMILES string of the molecule is O=C1C(=CC(Cl)=C(Cl)Cl)Cc2ccccc21. The van der Waals surface area contributed by atoms with Crippen LogP contribution in [0.5, 0.6) is 0 Å². The monoisotopic (exact) mass is 272 g/mol. The number of carbonyl (C=O) groups is 1. The van der Waals surface area contributed by atoms with E-state index in [0.29, 0.717) is 12.0 Å². The minimum absolute atomic E-state index is 0.0108. The number of Topliss-reactive ketones (excluding diaryl/α,β-unsaturated/α-hetero) is 1. The highest BCUT2D eigenvalue weighted by atomic mass is 35.5. The molecular weight excluding hydrogens is 266 g/mol. The number of hydrogen-bond donors (Lipinski definition) is 0. The van der Waals surface area contributed by atoms with Crippen molar-refractivity contribution in [2.24, 2.45) is 0 Å². The smallest absolute Gasteiger partial charge is 0.189 e. The number of fused-ring (bicyclic) bond motifs is 1. The summed E-state index contributed by atoms with van der Waals surface area (Å²) in [7, 11) is 0. The van der Waals surface area contributed by atoms with Gasteiger partial charge in [-0.05, 0) is 11.6 Å². The van der Waals surface area contributed by atoms with E-state index in [2.05, 4.69) is 0 Å². The van der Waals surface area contributed by atoms with Gasteiger partial charge < -0.3 is 0 Å². The number of carbonyl (C=O) groups excluding carboxylic acids is 1. The Kier molecular flexibility index (Phi) is 3.38. The van der Waals surface area contributed by atoms with E-state index < -0.39 is 0 Å². The molecule has 2 rings (SSSR count). The summed E-state index contributed by atoms with van der Waals surface area (Å²) < 4.78 is -0.0297. The molecule has 4 heteroatoms. The molecule has 1 aliphatic carbocycles. The second kappa shape index (κ2) is 4.62. The topological polar surface area (TPSA) is 17.1 Å². The average Bonchev–Trinajstić information content (AvgIpc) is 2.56. The Labute approximate surface area is 108 Å². The number of allylic oxidation sites excluding steroid dienone is 3. The first kappa shape index (κ1) is 11.7. The molecule has 0 heterocycles. The third-order valence-corrected chi connectivity index (χ3v) is 3.31. The van der Waals surface area contributed by atoms with Crippen molar-refractivity contribution in [3.8, 4) is 0 Å². The van der Waals surface area contributed by atoms with Gasteiger partial charge in [-0.25, -0.2) is 0 Å². The van der Waals surface area contributed by atoms with Crippen molar-refractivity contribution in [3.63, 3.8) is 0 Å². The second-order valence-corrected chi connectivity index (χ2v) is 4.80. The van der Waals surface area contributed by atoms with Gasteiger partial charge >= 0.3 is 0 Å². The van der Waals surface area contributed by atoms with Crippen molar-refractivity contribution in [3.05, 3.63) is 56.6 Å². The Hall–Kier alpha value is -0.760. The lowest BCUT2D eigenvalue weighted by Gasteiger charge is -1.94. The fourth-order valence-corrected chi connectivity index (χ4v) is 1.92. The fourth-order valence-electron chi connectivity index (χ4n) is 1.68. The molecule has 0 bridgehead atoms. The third kappa shape index (κ3) is 2.17. The summed E-state index contributed by atoms with van der Waals surface area (Å²) in [5.41, 5.74) is 2.35. The maximum absolute atomic E-state index is 11.9. The number of rotatable bonds is 1. The van der Waals surface area contributed by atoms with Crippen LogP contribution < -0.4 is 0 Å². The van der Waals surface area contributed by atoms with E-state index in [9.17, 15) is 4.79 Å². The molecule has 1 aliphatic rings. The largest absolute Gasteiger partial charge is 0.289 e. The van der Waals surface area contributed by atoms with Crippen LogP contribution in [0.1, 0.15) is 15.9 Å². The first-order valence-electron chi connectivity index (χ1n) is 4.63. The van der Waals surface area contributed by atoms with Gasteiger partial charge in [0.15, 0.2) is 5.78 Å². The van der Waals surface area contributed by atoms with Crippen LogP contribution in [0.3, 0.4) is 0 Å². The summed E-state index contributed by atoms with van der Waals surface area (Å²) in [6, 6.07) is 7.47. The third-order valence-electron chi connectivity index (χ3n) is 2.42. The molecule has 82 valence electrons. The average molecular weight is 274 g/mol. The highest BCUT2D eigenvalue weighted by Gasteiger charge is 2.24. The number of ketones is 1. The Morgan fingerprint density at radius 1 is 1.19 bits per heavy atom. The first-order chi connectivity index (χ1) is 7.59. The molecule has 0 atom stereocenters. The van der Waals surface area contributed by atoms with Gasteiger partial charge in [0.2, 0.25) is 0 Å². The van der Waals surface area contributed by atoms with Crippen molar-refractivity contribution >= 4 is 40.6 Å². The van der Waals surface area contributed by atoms with E-state index in [0.717, 1.165) is 11.1 Å². The zero-order chi connectivity index (χ0) is 11.7. The molecule has 0 spiro atoms. The molecule has 16 heavy (non-hydrogen) atoms. The standard InChI is InChI=1S/C12H7Cl3O/c13-10(12(14)15)6-8-5-7-3-1-2-4-9(7)11(8)16/h1-4,6H,5H2. The molecule has 0 N–H and O–H groups in total. The summed E-state index contributed by atoms with van der Waals surface area (Å²) in [5, 5.41) is 0.194. The molecule has 0 aliphatic heterocycles. The van der Waals surface area contributed by atoms with Crippen LogP contribution in [0.25, 0.3) is 0 Å². The van der Waals surface area contributed by atoms with E-state index in [-0.39, 0.29) is 15.3 Å². The molecular formula is C12H7Cl3O. The molecule has 0 fully saturated rings. The van der Waals surface area contributed by atoms with Gasteiger partial charge in [-0.15, -0.1) is 0 Å². The van der Waals surface area contributed by atoms with Crippen molar-refractivity contribution in [2.45, 2.75) is 6.42 Å². The lowest BCUT2D eigenvalue weighted by molar-refractivity contribution is 0.103. The Balaban J connectivity index is 2.40. The van der Waals surface area contributed by atoms with Crippen LogP contribution in [0.2, 0.25) is 0 Å². The maximum atomic E-state index is 11.9.